The predicted octanol–water partition coefficient (Wildman–Crippen LogP) is 5.70. The lowest BCUT2D eigenvalue weighted by atomic mass is 9.82. The molecule has 0 rings (SSSR count). The highest BCUT2D eigenvalue weighted by molar-refractivity contribution is 8.33. The second-order valence-electron chi connectivity index (χ2n) is 7.12. The van der Waals surface area contributed by atoms with Crippen LogP contribution in [-0.4, -0.2) is 23.5 Å². The minimum absolute atomic E-state index is 0.353. The highest BCUT2D eigenvalue weighted by Gasteiger charge is 2.22. The average molecular weight is 261 g/mol. The Morgan fingerprint density at radius 2 is 1.59 bits per heavy atom. The molecule has 0 spiro atoms. The normalized spacial score (nSPS) is 17.9. The molecule has 0 heterocycles. The van der Waals surface area contributed by atoms with Crippen molar-refractivity contribution in [2.45, 2.75) is 72.5 Å². The minimum atomic E-state index is -0.353. The SMILES string of the molecule is CCC(C)(C)CCC(C)CC(C)S(C)(C)CC. The van der Waals surface area contributed by atoms with E-state index in [0.717, 1.165) is 11.2 Å². The summed E-state index contributed by atoms with van der Waals surface area (Å²) in [5, 5.41) is 0.923. The zero-order valence-electron chi connectivity index (χ0n) is 13.6. The van der Waals surface area contributed by atoms with Crippen molar-refractivity contribution in [2.24, 2.45) is 11.3 Å². The van der Waals surface area contributed by atoms with Gasteiger partial charge in [-0.1, -0.05) is 54.4 Å². The number of rotatable bonds is 8. The van der Waals surface area contributed by atoms with Crippen molar-refractivity contribution in [3.8, 4) is 0 Å². The average Bonchev–Trinajstić information content (AvgIpc) is 2.26. The van der Waals surface area contributed by atoms with Crippen molar-refractivity contribution in [2.75, 3.05) is 18.3 Å². The predicted molar refractivity (Wildman–Crippen MR) is 86.5 cm³/mol. The van der Waals surface area contributed by atoms with Gasteiger partial charge in [-0.05, 0) is 47.7 Å². The summed E-state index contributed by atoms with van der Waals surface area (Å²) in [4.78, 5) is 0. The third-order valence-electron chi connectivity index (χ3n) is 4.84. The first-order valence-electron chi connectivity index (χ1n) is 7.34. The van der Waals surface area contributed by atoms with Crippen LogP contribution in [0.15, 0.2) is 0 Å². The Balaban J connectivity index is 4.06. The van der Waals surface area contributed by atoms with Gasteiger partial charge in [0.1, 0.15) is 0 Å². The largest absolute Gasteiger partial charge is 0.244 e. The third-order valence-corrected chi connectivity index (χ3v) is 8.70. The molecule has 0 aromatic carbocycles. The summed E-state index contributed by atoms with van der Waals surface area (Å²) in [5.41, 5.74) is 0.546. The first-order valence-corrected chi connectivity index (χ1v) is 10.0. The molecule has 106 valence electrons. The molecule has 0 aromatic heterocycles. The summed E-state index contributed by atoms with van der Waals surface area (Å²) in [6.45, 7) is 14.4. The number of hydrogen-bond acceptors (Lipinski definition) is 0. The molecule has 0 aliphatic rings. The Kier molecular flexibility index (Phi) is 7.21. The van der Waals surface area contributed by atoms with Crippen LogP contribution in [0, 0.1) is 11.3 Å². The van der Waals surface area contributed by atoms with Crippen molar-refractivity contribution in [3.05, 3.63) is 0 Å². The third kappa shape index (κ3) is 6.74. The van der Waals surface area contributed by atoms with E-state index >= 15 is 0 Å². The van der Waals surface area contributed by atoms with Crippen LogP contribution in [0.1, 0.15) is 67.2 Å². The van der Waals surface area contributed by atoms with Crippen molar-refractivity contribution >= 4 is 10.0 Å². The fourth-order valence-corrected chi connectivity index (χ4v) is 3.46. The molecule has 0 saturated heterocycles. The molecule has 1 heteroatoms. The summed E-state index contributed by atoms with van der Waals surface area (Å²) in [6, 6.07) is 0. The zero-order chi connectivity index (χ0) is 13.7. The van der Waals surface area contributed by atoms with Gasteiger partial charge in [0, 0.05) is 0 Å². The van der Waals surface area contributed by atoms with Gasteiger partial charge in [-0.3, -0.25) is 0 Å². The lowest BCUT2D eigenvalue weighted by Crippen LogP contribution is -2.19. The van der Waals surface area contributed by atoms with Crippen LogP contribution in [0.2, 0.25) is 0 Å². The van der Waals surface area contributed by atoms with Gasteiger partial charge >= 0.3 is 0 Å². The molecule has 0 N–H and O–H groups in total. The van der Waals surface area contributed by atoms with Crippen LogP contribution in [0.4, 0.5) is 0 Å². The van der Waals surface area contributed by atoms with Gasteiger partial charge in [0.15, 0.2) is 0 Å². The molecule has 17 heavy (non-hydrogen) atoms. The Morgan fingerprint density at radius 3 is 2.00 bits per heavy atom. The zero-order valence-corrected chi connectivity index (χ0v) is 14.4. The molecule has 0 radical (unpaired) electrons. The van der Waals surface area contributed by atoms with Crippen LogP contribution in [0.5, 0.6) is 0 Å². The molecule has 0 amide bonds. The molecule has 0 aliphatic heterocycles. The van der Waals surface area contributed by atoms with Crippen LogP contribution in [0.25, 0.3) is 0 Å². The Bertz CT molecular complexity index is 206. The van der Waals surface area contributed by atoms with Crippen LogP contribution in [-0.2, 0) is 0 Å². The van der Waals surface area contributed by atoms with Gasteiger partial charge in [-0.15, -0.1) is 0 Å². The standard InChI is InChI=1S/C16H36S/c1-9-16(5,6)12-11-14(3)13-15(4)17(7,8)10-2/h14-15H,9-13H2,1-8H3. The quantitative estimate of drug-likeness (QED) is 0.525. The van der Waals surface area contributed by atoms with E-state index in [0.29, 0.717) is 5.41 Å². The first kappa shape index (κ1) is 17.4. The van der Waals surface area contributed by atoms with E-state index < -0.39 is 0 Å². The van der Waals surface area contributed by atoms with E-state index in [1.54, 1.807) is 0 Å². The molecule has 0 saturated carbocycles. The Labute approximate surface area is 112 Å². The highest BCUT2D eigenvalue weighted by atomic mass is 32.3. The molecule has 0 aromatic rings. The first-order chi connectivity index (χ1) is 7.64. The lowest BCUT2D eigenvalue weighted by Gasteiger charge is -2.38. The molecule has 2 atom stereocenters. The van der Waals surface area contributed by atoms with E-state index in [1.165, 1.54) is 31.4 Å². The van der Waals surface area contributed by atoms with E-state index in [1.807, 2.05) is 0 Å². The molecular formula is C16H36S. The minimum Gasteiger partial charge on any atom is -0.244 e. The van der Waals surface area contributed by atoms with Gasteiger partial charge in [0.05, 0.1) is 0 Å². The fraction of sp³-hybridized carbons (Fsp3) is 1.00. The summed E-state index contributed by atoms with van der Waals surface area (Å²) in [6.07, 6.45) is 10.5. The molecule has 0 nitrogen and oxygen atoms in total. The summed E-state index contributed by atoms with van der Waals surface area (Å²) < 4.78 is 0. The van der Waals surface area contributed by atoms with Crippen molar-refractivity contribution < 1.29 is 0 Å². The van der Waals surface area contributed by atoms with E-state index in [9.17, 15) is 0 Å². The van der Waals surface area contributed by atoms with Crippen LogP contribution in [0.3, 0.4) is 0 Å². The summed E-state index contributed by atoms with van der Waals surface area (Å²) in [7, 11) is -0.353. The van der Waals surface area contributed by atoms with E-state index in [-0.39, 0.29) is 10.0 Å². The molecule has 0 fully saturated rings. The Hall–Kier alpha value is 0.350. The van der Waals surface area contributed by atoms with Crippen molar-refractivity contribution in [1.29, 1.82) is 0 Å². The van der Waals surface area contributed by atoms with E-state index in [4.69, 9.17) is 0 Å². The second kappa shape index (κ2) is 7.07. The number of hydrogen-bond donors (Lipinski definition) is 0. The Morgan fingerprint density at radius 1 is 1.06 bits per heavy atom. The van der Waals surface area contributed by atoms with Crippen molar-refractivity contribution in [1.82, 2.24) is 0 Å². The maximum absolute atomic E-state index is 2.50. The van der Waals surface area contributed by atoms with Gasteiger partial charge in [0.2, 0.25) is 0 Å². The molecule has 0 aliphatic carbocycles. The maximum atomic E-state index is 2.50. The van der Waals surface area contributed by atoms with Gasteiger partial charge < -0.3 is 0 Å². The molecule has 2 unspecified atom stereocenters. The summed E-state index contributed by atoms with van der Waals surface area (Å²) in [5.74, 6) is 2.27. The van der Waals surface area contributed by atoms with E-state index in [2.05, 4.69) is 54.1 Å². The maximum Gasteiger partial charge on any atom is -0.0143 e. The van der Waals surface area contributed by atoms with Gasteiger partial charge in [-0.25, -0.2) is 10.0 Å². The smallest absolute Gasteiger partial charge is 0.0143 e. The van der Waals surface area contributed by atoms with Crippen LogP contribution >= 0.6 is 10.0 Å². The molecular weight excluding hydrogens is 224 g/mol. The monoisotopic (exact) mass is 260 g/mol. The van der Waals surface area contributed by atoms with Gasteiger partial charge in [0.25, 0.3) is 0 Å². The highest BCUT2D eigenvalue weighted by Crippen LogP contribution is 2.47. The van der Waals surface area contributed by atoms with Crippen LogP contribution < -0.4 is 0 Å². The topological polar surface area (TPSA) is 0 Å². The van der Waals surface area contributed by atoms with Crippen molar-refractivity contribution in [3.63, 3.8) is 0 Å². The fourth-order valence-electron chi connectivity index (χ4n) is 2.04. The van der Waals surface area contributed by atoms with Gasteiger partial charge in [-0.2, -0.15) is 0 Å². The lowest BCUT2D eigenvalue weighted by molar-refractivity contribution is 0.284. The molecule has 0 bridgehead atoms. The summed E-state index contributed by atoms with van der Waals surface area (Å²) >= 11 is 0. The second-order valence-corrected chi connectivity index (χ2v) is 11.7.